The van der Waals surface area contributed by atoms with E-state index < -0.39 is 0 Å². The van der Waals surface area contributed by atoms with Crippen LogP contribution in [0.1, 0.15) is 34.7 Å². The summed E-state index contributed by atoms with van der Waals surface area (Å²) < 4.78 is 26.0. The van der Waals surface area contributed by atoms with E-state index in [4.69, 9.17) is 13.8 Å². The van der Waals surface area contributed by atoms with Crippen molar-refractivity contribution in [2.24, 2.45) is 0 Å². The van der Waals surface area contributed by atoms with Crippen molar-refractivity contribution in [3.8, 4) is 11.3 Å². The number of halogens is 1. The number of carbonyl (C=O) groups excluding carboxylic acids is 1. The molecule has 6 rings (SSSR count). The highest BCUT2D eigenvalue weighted by Gasteiger charge is 2.29. The Labute approximate surface area is 219 Å². The van der Waals surface area contributed by atoms with Gasteiger partial charge in [0.05, 0.1) is 5.56 Å². The van der Waals surface area contributed by atoms with E-state index in [9.17, 15) is 9.18 Å². The summed E-state index contributed by atoms with van der Waals surface area (Å²) in [5, 5.41) is 3.49. The van der Waals surface area contributed by atoms with E-state index in [0.717, 1.165) is 53.7 Å². The molecule has 0 saturated carbocycles. The molecule has 1 aliphatic rings. The zero-order valence-corrected chi connectivity index (χ0v) is 21.6. The van der Waals surface area contributed by atoms with Crippen LogP contribution in [0.5, 0.6) is 0 Å². The van der Waals surface area contributed by atoms with Crippen LogP contribution in [0, 0.1) is 5.82 Å². The van der Waals surface area contributed by atoms with Gasteiger partial charge in [0.25, 0.3) is 11.9 Å². The van der Waals surface area contributed by atoms with Crippen molar-refractivity contribution >= 4 is 39.7 Å². The number of nitrogens with zero attached hydrogens (tertiary/aromatic N) is 3. The van der Waals surface area contributed by atoms with Gasteiger partial charge in [0, 0.05) is 62.9 Å². The number of hydrogen-bond acceptors (Lipinski definition) is 6. The van der Waals surface area contributed by atoms with Gasteiger partial charge in [-0.15, -0.1) is 0 Å². The number of fused-ring (bicyclic) bond motifs is 2. The fraction of sp³-hybridized carbons (Fsp3) is 0.267. The summed E-state index contributed by atoms with van der Waals surface area (Å²) in [4.78, 5) is 22.1. The zero-order chi connectivity index (χ0) is 26.4. The van der Waals surface area contributed by atoms with E-state index in [1.54, 1.807) is 19.2 Å². The number of oxazole rings is 1. The van der Waals surface area contributed by atoms with Gasteiger partial charge in [-0.2, -0.15) is 4.98 Å². The number of furan rings is 1. The van der Waals surface area contributed by atoms with Crippen LogP contribution < -0.4 is 15.1 Å². The zero-order valence-electron chi connectivity index (χ0n) is 21.6. The molecule has 7 nitrogen and oxygen atoms in total. The predicted molar refractivity (Wildman–Crippen MR) is 148 cm³/mol. The molecule has 1 fully saturated rings. The highest BCUT2D eigenvalue weighted by Crippen LogP contribution is 2.41. The SMILES string of the molecule is CNC(=O)c1c(-c2ccc(F)cc2)oc2cc(N(C)C)c(C3CCCN(c4nc5ccccc5o4)C3)cc12. The maximum atomic E-state index is 13.6. The minimum Gasteiger partial charge on any atom is -0.455 e. The maximum Gasteiger partial charge on any atom is 0.298 e. The average molecular weight is 513 g/mol. The van der Waals surface area contributed by atoms with Crippen molar-refractivity contribution in [1.82, 2.24) is 10.3 Å². The third-order valence-corrected chi connectivity index (χ3v) is 7.29. The Morgan fingerprint density at radius 2 is 1.87 bits per heavy atom. The Morgan fingerprint density at radius 1 is 1.08 bits per heavy atom. The monoisotopic (exact) mass is 512 g/mol. The van der Waals surface area contributed by atoms with E-state index in [2.05, 4.69) is 21.2 Å². The van der Waals surface area contributed by atoms with Crippen LogP contribution in [0.3, 0.4) is 0 Å². The number of aromatic nitrogens is 1. The molecule has 0 aliphatic carbocycles. The lowest BCUT2D eigenvalue weighted by Gasteiger charge is -2.33. The average Bonchev–Trinajstić information content (AvgIpc) is 3.54. The third-order valence-electron chi connectivity index (χ3n) is 7.29. The van der Waals surface area contributed by atoms with Crippen LogP contribution in [-0.2, 0) is 0 Å². The number of anilines is 2. The van der Waals surface area contributed by atoms with E-state index >= 15 is 0 Å². The van der Waals surface area contributed by atoms with Crippen molar-refractivity contribution in [2.45, 2.75) is 18.8 Å². The van der Waals surface area contributed by atoms with Crippen LogP contribution in [0.15, 0.2) is 69.5 Å². The van der Waals surface area contributed by atoms with Gasteiger partial charge >= 0.3 is 0 Å². The van der Waals surface area contributed by atoms with Gasteiger partial charge in [0.1, 0.15) is 22.7 Å². The molecule has 194 valence electrons. The molecule has 3 aromatic carbocycles. The first-order chi connectivity index (χ1) is 18.4. The molecular weight excluding hydrogens is 483 g/mol. The molecule has 5 aromatic rings. The first-order valence-corrected chi connectivity index (χ1v) is 12.8. The molecule has 0 spiro atoms. The van der Waals surface area contributed by atoms with Crippen molar-refractivity contribution in [2.75, 3.05) is 44.0 Å². The predicted octanol–water partition coefficient (Wildman–Crippen LogP) is 6.19. The second kappa shape index (κ2) is 9.52. The molecule has 1 amide bonds. The second-order valence-electron chi connectivity index (χ2n) is 9.94. The van der Waals surface area contributed by atoms with E-state index in [-0.39, 0.29) is 17.6 Å². The third kappa shape index (κ3) is 4.16. The molecular formula is C30H29FN4O3. The molecule has 38 heavy (non-hydrogen) atoms. The standard InChI is InChI=1S/C30H29FN4O3/c1-32-29(36)27-22-15-21(19-7-6-14-35(17-19)30-33-23-8-4-5-9-25(23)38-30)24(34(2)3)16-26(22)37-28(27)18-10-12-20(31)13-11-18/h4-5,8-13,15-16,19H,6-7,14,17H2,1-3H3,(H,32,36). The number of carbonyl (C=O) groups is 1. The molecule has 0 bridgehead atoms. The molecule has 1 atom stereocenters. The second-order valence-corrected chi connectivity index (χ2v) is 9.94. The van der Waals surface area contributed by atoms with Gasteiger partial charge < -0.3 is 24.0 Å². The van der Waals surface area contributed by atoms with Crippen LogP contribution in [0.25, 0.3) is 33.4 Å². The smallest absolute Gasteiger partial charge is 0.298 e. The van der Waals surface area contributed by atoms with Crippen molar-refractivity contribution in [3.05, 3.63) is 77.6 Å². The molecule has 1 saturated heterocycles. The number of amides is 1. The number of hydrogen-bond donors (Lipinski definition) is 1. The molecule has 2 aromatic heterocycles. The van der Waals surface area contributed by atoms with Crippen LogP contribution in [-0.4, -0.2) is 45.1 Å². The lowest BCUT2D eigenvalue weighted by atomic mass is 9.88. The minimum atomic E-state index is -0.343. The summed E-state index contributed by atoms with van der Waals surface area (Å²) in [6.07, 6.45) is 1.99. The Morgan fingerprint density at radius 3 is 2.61 bits per heavy atom. The highest BCUT2D eigenvalue weighted by atomic mass is 19.1. The molecule has 1 unspecified atom stereocenters. The number of piperidine rings is 1. The van der Waals surface area contributed by atoms with Gasteiger partial charge in [-0.1, -0.05) is 12.1 Å². The first-order valence-electron chi connectivity index (χ1n) is 12.8. The van der Waals surface area contributed by atoms with Crippen LogP contribution in [0.4, 0.5) is 16.1 Å². The van der Waals surface area contributed by atoms with Crippen molar-refractivity contribution in [3.63, 3.8) is 0 Å². The Kier molecular flexibility index (Phi) is 6.02. The molecule has 1 N–H and O–H groups in total. The quantitative estimate of drug-likeness (QED) is 0.303. The van der Waals surface area contributed by atoms with Crippen LogP contribution in [0.2, 0.25) is 0 Å². The highest BCUT2D eigenvalue weighted by molar-refractivity contribution is 6.11. The maximum absolute atomic E-state index is 13.6. The number of benzene rings is 3. The van der Waals surface area contributed by atoms with Gasteiger partial charge in [0.15, 0.2) is 5.58 Å². The Bertz CT molecular complexity index is 1600. The largest absolute Gasteiger partial charge is 0.455 e. The van der Waals surface area contributed by atoms with Gasteiger partial charge in [-0.3, -0.25) is 4.79 Å². The lowest BCUT2D eigenvalue weighted by molar-refractivity contribution is 0.0964. The summed E-state index contributed by atoms with van der Waals surface area (Å²) in [6, 6.07) is 18.5. The van der Waals surface area contributed by atoms with Crippen molar-refractivity contribution < 1.29 is 18.0 Å². The summed E-state index contributed by atoms with van der Waals surface area (Å²) in [5.74, 6) is 0.0351. The molecule has 8 heteroatoms. The topological polar surface area (TPSA) is 74.8 Å². The molecule has 1 aliphatic heterocycles. The Balaban J connectivity index is 1.45. The fourth-order valence-electron chi connectivity index (χ4n) is 5.42. The van der Waals surface area contributed by atoms with Crippen LogP contribution >= 0.6 is 0 Å². The summed E-state index contributed by atoms with van der Waals surface area (Å²) >= 11 is 0. The lowest BCUT2D eigenvalue weighted by Crippen LogP contribution is -2.35. The summed E-state index contributed by atoms with van der Waals surface area (Å²) in [5.41, 5.74) is 5.51. The fourth-order valence-corrected chi connectivity index (χ4v) is 5.42. The Hall–Kier alpha value is -4.33. The molecule has 3 heterocycles. The van der Waals surface area contributed by atoms with Gasteiger partial charge in [0.2, 0.25) is 0 Å². The van der Waals surface area contributed by atoms with Crippen molar-refractivity contribution in [1.29, 1.82) is 0 Å². The minimum absolute atomic E-state index is 0.197. The summed E-state index contributed by atoms with van der Waals surface area (Å²) in [6.45, 7) is 1.62. The summed E-state index contributed by atoms with van der Waals surface area (Å²) in [7, 11) is 5.62. The number of rotatable bonds is 5. The van der Waals surface area contributed by atoms with E-state index in [1.807, 2.05) is 44.4 Å². The normalized spacial score (nSPS) is 15.8. The van der Waals surface area contributed by atoms with E-state index in [0.29, 0.717) is 28.5 Å². The number of para-hydroxylation sites is 2. The van der Waals surface area contributed by atoms with E-state index in [1.165, 1.54) is 12.1 Å². The first kappa shape index (κ1) is 24.0. The van der Waals surface area contributed by atoms with Gasteiger partial charge in [-0.25, -0.2) is 4.39 Å². The van der Waals surface area contributed by atoms with Gasteiger partial charge in [-0.05, 0) is 60.9 Å². The number of nitrogens with one attached hydrogen (secondary N) is 1. The molecule has 0 radical (unpaired) electrons.